The van der Waals surface area contributed by atoms with Crippen LogP contribution in [0.25, 0.3) is 0 Å². The summed E-state index contributed by atoms with van der Waals surface area (Å²) in [6, 6.07) is 4.11. The molecule has 0 fully saturated rings. The molecular formula is C14H13N5O5. The van der Waals surface area contributed by atoms with Crippen LogP contribution < -0.4 is 21.9 Å². The minimum atomic E-state index is -0.904. The lowest BCUT2D eigenvalue weighted by Gasteiger charge is -2.28. The van der Waals surface area contributed by atoms with Crippen molar-refractivity contribution in [1.82, 2.24) is 14.5 Å². The number of benzene rings is 1. The van der Waals surface area contributed by atoms with Crippen LogP contribution in [-0.4, -0.2) is 20.1 Å². The van der Waals surface area contributed by atoms with Gasteiger partial charge in [-0.3, -0.25) is 29.4 Å². The molecule has 10 heteroatoms. The largest absolute Gasteiger partial charge is 0.332 e. The fraction of sp³-hybridized carbons (Fsp3) is 0.214. The van der Waals surface area contributed by atoms with E-state index in [-0.39, 0.29) is 17.1 Å². The summed E-state index contributed by atoms with van der Waals surface area (Å²) >= 11 is 0. The second kappa shape index (κ2) is 5.33. The van der Waals surface area contributed by atoms with Gasteiger partial charge in [0, 0.05) is 26.2 Å². The Kier molecular flexibility index (Phi) is 3.44. The van der Waals surface area contributed by atoms with Crippen LogP contribution in [0.1, 0.15) is 17.2 Å². The zero-order valence-electron chi connectivity index (χ0n) is 12.8. The molecule has 1 aliphatic rings. The number of anilines is 1. The highest BCUT2D eigenvalue weighted by Gasteiger charge is 2.32. The predicted octanol–water partition coefficient (Wildman–Crippen LogP) is 0.217. The van der Waals surface area contributed by atoms with Crippen LogP contribution in [0.2, 0.25) is 0 Å². The van der Waals surface area contributed by atoms with E-state index < -0.39 is 28.2 Å². The molecule has 1 aromatic heterocycles. The first-order chi connectivity index (χ1) is 11.3. The lowest BCUT2D eigenvalue weighted by Crippen LogP contribution is -2.49. The Labute approximate surface area is 134 Å². The van der Waals surface area contributed by atoms with Crippen molar-refractivity contribution in [2.45, 2.75) is 6.04 Å². The zero-order chi connectivity index (χ0) is 17.6. The van der Waals surface area contributed by atoms with Crippen molar-refractivity contribution < 1.29 is 9.72 Å². The molecule has 24 heavy (non-hydrogen) atoms. The zero-order valence-corrected chi connectivity index (χ0v) is 12.8. The lowest BCUT2D eigenvalue weighted by molar-refractivity contribution is -0.384. The average molecular weight is 331 g/mol. The molecular weight excluding hydrogens is 318 g/mol. The van der Waals surface area contributed by atoms with E-state index in [1.54, 1.807) is 6.07 Å². The molecule has 0 spiro atoms. The molecule has 0 radical (unpaired) electrons. The van der Waals surface area contributed by atoms with E-state index in [9.17, 15) is 24.5 Å². The molecule has 124 valence electrons. The Morgan fingerprint density at radius 2 is 1.88 bits per heavy atom. The smallest absolute Gasteiger partial charge is 0.327 e. The number of aromatic nitrogens is 2. The van der Waals surface area contributed by atoms with Crippen molar-refractivity contribution in [1.29, 1.82) is 0 Å². The Morgan fingerprint density at radius 3 is 2.54 bits per heavy atom. The van der Waals surface area contributed by atoms with Crippen LogP contribution >= 0.6 is 0 Å². The van der Waals surface area contributed by atoms with Crippen LogP contribution in [0.5, 0.6) is 0 Å². The van der Waals surface area contributed by atoms with E-state index in [0.29, 0.717) is 5.56 Å². The number of nitro groups is 1. The quantitative estimate of drug-likeness (QED) is 0.601. The molecule has 2 N–H and O–H groups in total. The Morgan fingerprint density at radius 1 is 1.17 bits per heavy atom. The molecule has 1 atom stereocenters. The number of nitrogens with zero attached hydrogens (tertiary/aromatic N) is 3. The number of urea groups is 1. The summed E-state index contributed by atoms with van der Waals surface area (Å²) in [7, 11) is 2.75. The highest BCUT2D eigenvalue weighted by molar-refractivity contribution is 5.92. The molecule has 1 unspecified atom stereocenters. The van der Waals surface area contributed by atoms with Gasteiger partial charge in [0.2, 0.25) is 0 Å². The molecule has 3 rings (SSSR count). The van der Waals surface area contributed by atoms with Gasteiger partial charge in [-0.25, -0.2) is 9.59 Å². The van der Waals surface area contributed by atoms with Crippen molar-refractivity contribution in [3.05, 3.63) is 66.3 Å². The monoisotopic (exact) mass is 331 g/mol. The van der Waals surface area contributed by atoms with Gasteiger partial charge in [-0.2, -0.15) is 0 Å². The van der Waals surface area contributed by atoms with E-state index in [1.165, 1.54) is 32.3 Å². The van der Waals surface area contributed by atoms with Gasteiger partial charge in [0.15, 0.2) is 0 Å². The van der Waals surface area contributed by atoms with E-state index >= 15 is 0 Å². The molecule has 2 aromatic rings. The fourth-order valence-corrected chi connectivity index (χ4v) is 2.70. The van der Waals surface area contributed by atoms with Crippen LogP contribution in [0.15, 0.2) is 33.9 Å². The van der Waals surface area contributed by atoms with Gasteiger partial charge >= 0.3 is 11.7 Å². The van der Waals surface area contributed by atoms with Crippen LogP contribution in [0.4, 0.5) is 16.3 Å². The number of rotatable bonds is 2. The molecule has 0 aliphatic carbocycles. The van der Waals surface area contributed by atoms with Gasteiger partial charge in [0.05, 0.1) is 16.5 Å². The Hall–Kier alpha value is -3.43. The van der Waals surface area contributed by atoms with Gasteiger partial charge in [-0.15, -0.1) is 0 Å². The van der Waals surface area contributed by atoms with E-state index in [4.69, 9.17) is 0 Å². The van der Waals surface area contributed by atoms with Crippen molar-refractivity contribution in [2.24, 2.45) is 14.1 Å². The van der Waals surface area contributed by atoms with Crippen LogP contribution in [0, 0.1) is 10.1 Å². The third kappa shape index (κ3) is 2.24. The summed E-state index contributed by atoms with van der Waals surface area (Å²) in [6.07, 6.45) is 0. The predicted molar refractivity (Wildman–Crippen MR) is 84.0 cm³/mol. The maximum atomic E-state index is 12.5. The molecule has 0 bridgehead atoms. The number of amides is 2. The number of non-ortho nitro benzene ring substituents is 1. The average Bonchev–Trinajstić information content (AvgIpc) is 2.57. The number of nitro benzene ring substituents is 1. The number of carbonyl (C=O) groups excluding carboxylic acids is 1. The molecule has 10 nitrogen and oxygen atoms in total. The molecule has 2 amide bonds. The van der Waals surface area contributed by atoms with Crippen molar-refractivity contribution in [3.63, 3.8) is 0 Å². The first-order valence-electron chi connectivity index (χ1n) is 6.93. The SMILES string of the molecule is Cn1c2c(c(=O)n(C)c1=O)C(c1cccc([N+](=O)[O-])c1)NC(=O)N2. The maximum Gasteiger partial charge on any atom is 0.332 e. The third-order valence-electron chi connectivity index (χ3n) is 3.91. The summed E-state index contributed by atoms with van der Waals surface area (Å²) in [4.78, 5) is 46.8. The second-order valence-corrected chi connectivity index (χ2v) is 5.35. The number of fused-ring (bicyclic) bond motifs is 1. The first-order valence-corrected chi connectivity index (χ1v) is 6.93. The molecule has 1 aromatic carbocycles. The lowest BCUT2D eigenvalue weighted by atomic mass is 9.98. The number of hydrogen-bond acceptors (Lipinski definition) is 5. The molecule has 0 saturated carbocycles. The van der Waals surface area contributed by atoms with Crippen LogP contribution in [0.3, 0.4) is 0 Å². The van der Waals surface area contributed by atoms with Gasteiger partial charge in [-0.05, 0) is 5.56 Å². The van der Waals surface area contributed by atoms with E-state index in [2.05, 4.69) is 10.6 Å². The van der Waals surface area contributed by atoms with E-state index in [1.807, 2.05) is 0 Å². The number of hydrogen-bond donors (Lipinski definition) is 2. The maximum absolute atomic E-state index is 12.5. The molecule has 0 saturated heterocycles. The topological polar surface area (TPSA) is 128 Å². The van der Waals surface area contributed by atoms with Crippen LogP contribution in [-0.2, 0) is 14.1 Å². The second-order valence-electron chi connectivity index (χ2n) is 5.35. The van der Waals surface area contributed by atoms with Gasteiger partial charge < -0.3 is 5.32 Å². The Balaban J connectivity index is 2.29. The Bertz CT molecular complexity index is 990. The first kappa shape index (κ1) is 15.5. The van der Waals surface area contributed by atoms with Crippen molar-refractivity contribution >= 4 is 17.5 Å². The van der Waals surface area contributed by atoms with Gasteiger partial charge in [0.25, 0.3) is 11.2 Å². The minimum Gasteiger partial charge on any atom is -0.327 e. The van der Waals surface area contributed by atoms with Crippen molar-refractivity contribution in [3.8, 4) is 0 Å². The van der Waals surface area contributed by atoms with Crippen molar-refractivity contribution in [2.75, 3.05) is 5.32 Å². The summed E-state index contributed by atoms with van der Waals surface area (Å²) < 4.78 is 2.07. The summed E-state index contributed by atoms with van der Waals surface area (Å²) in [5, 5.41) is 16.0. The van der Waals surface area contributed by atoms with Gasteiger partial charge in [0.1, 0.15) is 5.82 Å². The van der Waals surface area contributed by atoms with Gasteiger partial charge in [-0.1, -0.05) is 12.1 Å². The highest BCUT2D eigenvalue weighted by atomic mass is 16.6. The summed E-state index contributed by atoms with van der Waals surface area (Å²) in [5.74, 6) is 0.0726. The fourth-order valence-electron chi connectivity index (χ4n) is 2.70. The molecule has 1 aliphatic heterocycles. The number of nitrogens with one attached hydrogen (secondary N) is 2. The standard InChI is InChI=1S/C14H13N5O5/c1-17-11-9(12(20)18(2)14(17)22)10(15-13(21)16-11)7-4-3-5-8(6-7)19(23)24/h3-6,10H,1-2H3,(H2,15,16,21). The number of carbonyl (C=O) groups is 1. The minimum absolute atomic E-state index is 0.0726. The molecule has 2 heterocycles. The third-order valence-corrected chi connectivity index (χ3v) is 3.91. The van der Waals surface area contributed by atoms with E-state index in [0.717, 1.165) is 9.13 Å². The summed E-state index contributed by atoms with van der Waals surface area (Å²) in [6.45, 7) is 0. The highest BCUT2D eigenvalue weighted by Crippen LogP contribution is 2.29. The summed E-state index contributed by atoms with van der Waals surface area (Å²) in [5.41, 5.74) is -0.824. The normalized spacial score (nSPS) is 16.1.